The summed E-state index contributed by atoms with van der Waals surface area (Å²) >= 11 is 6.56. The maximum Gasteiger partial charge on any atom is 0.296 e. The first kappa shape index (κ1) is 22.0. The summed E-state index contributed by atoms with van der Waals surface area (Å²) in [6.07, 6.45) is -2.24. The highest BCUT2D eigenvalue weighted by Gasteiger charge is 2.37. The molecule has 0 unspecified atom stereocenters. The van der Waals surface area contributed by atoms with Crippen LogP contribution in [0.15, 0.2) is 72.8 Å². The molecule has 176 valence electrons. The van der Waals surface area contributed by atoms with Crippen LogP contribution in [-0.2, 0) is 4.74 Å². The summed E-state index contributed by atoms with van der Waals surface area (Å²) in [7, 11) is 0. The summed E-state index contributed by atoms with van der Waals surface area (Å²) in [6, 6.07) is 24.8. The molecule has 6 rings (SSSR count). The number of nitrogens with zero attached hydrogens (tertiary/aromatic N) is 2. The Morgan fingerprint density at radius 1 is 0.943 bits per heavy atom. The van der Waals surface area contributed by atoms with Crippen LogP contribution in [0.5, 0.6) is 6.01 Å². The maximum atomic E-state index is 10.2. The second-order valence-electron chi connectivity index (χ2n) is 8.57. The van der Waals surface area contributed by atoms with E-state index in [2.05, 4.69) is 57.4 Å². The van der Waals surface area contributed by atoms with Crippen LogP contribution in [0, 0.1) is 0 Å². The van der Waals surface area contributed by atoms with Gasteiger partial charge in [-0.3, -0.25) is 0 Å². The molecule has 0 radical (unpaired) electrons. The smallest absolute Gasteiger partial charge is 0.296 e. The van der Waals surface area contributed by atoms with Crippen LogP contribution in [0.3, 0.4) is 0 Å². The number of H-pyrrole nitrogens is 1. The van der Waals surface area contributed by atoms with Crippen LogP contribution in [0.1, 0.15) is 0 Å². The van der Waals surface area contributed by atoms with Gasteiger partial charge in [-0.25, -0.2) is 4.98 Å². The van der Waals surface area contributed by atoms with Gasteiger partial charge in [-0.05, 0) is 34.0 Å². The van der Waals surface area contributed by atoms with E-state index >= 15 is 0 Å². The molecular formula is C27H22ClN3O4. The van der Waals surface area contributed by atoms with Crippen LogP contribution >= 0.6 is 11.6 Å². The Bertz CT molecular complexity index is 1520. The van der Waals surface area contributed by atoms with Gasteiger partial charge >= 0.3 is 0 Å². The topological polar surface area (TPSA) is 100 Å². The van der Waals surface area contributed by atoms with Crippen molar-refractivity contribution in [2.24, 2.45) is 0 Å². The third-order valence-electron chi connectivity index (χ3n) is 6.33. The fourth-order valence-corrected chi connectivity index (χ4v) is 4.67. The normalized spacial score (nSPS) is 20.0. The monoisotopic (exact) mass is 487 g/mol. The van der Waals surface area contributed by atoms with Crippen molar-refractivity contribution >= 4 is 33.5 Å². The maximum absolute atomic E-state index is 10.2. The van der Waals surface area contributed by atoms with Crippen LogP contribution in [0.4, 0.5) is 0 Å². The number of aliphatic hydroxyl groups excluding tert-OH is 2. The van der Waals surface area contributed by atoms with Crippen molar-refractivity contribution in [3.8, 4) is 28.4 Å². The lowest BCUT2D eigenvalue weighted by Gasteiger charge is -2.15. The number of aliphatic hydroxyl groups is 2. The molecule has 1 saturated heterocycles. The average molecular weight is 488 g/mol. The summed E-state index contributed by atoms with van der Waals surface area (Å²) in [4.78, 5) is 12.1. The molecule has 3 atom stereocenters. The SMILES string of the molecule is OC[C@H]1OC[C@@H](Oc2nc3nc(-c4ccc(-c5ccc6ccccc6c5)cc4)c(Cl)cc3[nH]2)[C@@H]1O. The third-order valence-corrected chi connectivity index (χ3v) is 6.61. The van der Waals surface area contributed by atoms with Crippen molar-refractivity contribution in [1.29, 1.82) is 0 Å². The quantitative estimate of drug-likeness (QED) is 0.335. The van der Waals surface area contributed by atoms with Gasteiger partial charge in [0.1, 0.15) is 12.2 Å². The van der Waals surface area contributed by atoms with Crippen LogP contribution < -0.4 is 4.74 Å². The number of aromatic nitrogens is 3. The van der Waals surface area contributed by atoms with Crippen molar-refractivity contribution in [3.05, 3.63) is 77.8 Å². The lowest BCUT2D eigenvalue weighted by Crippen LogP contribution is -2.36. The molecule has 1 aliphatic rings. The molecule has 1 aliphatic heterocycles. The fraction of sp³-hybridized carbons (Fsp3) is 0.185. The van der Waals surface area contributed by atoms with E-state index in [9.17, 15) is 10.2 Å². The largest absolute Gasteiger partial charge is 0.456 e. The molecule has 3 N–H and O–H groups in total. The van der Waals surface area contributed by atoms with Crippen molar-refractivity contribution in [1.82, 2.24) is 15.0 Å². The fourth-order valence-electron chi connectivity index (χ4n) is 4.41. The zero-order valence-electron chi connectivity index (χ0n) is 18.6. The molecule has 0 spiro atoms. The van der Waals surface area contributed by atoms with E-state index in [1.54, 1.807) is 6.07 Å². The summed E-state index contributed by atoms with van der Waals surface area (Å²) in [6.45, 7) is -0.117. The van der Waals surface area contributed by atoms with Crippen molar-refractivity contribution in [2.45, 2.75) is 18.3 Å². The third kappa shape index (κ3) is 4.13. The van der Waals surface area contributed by atoms with Crippen LogP contribution in [0.25, 0.3) is 44.3 Å². The molecule has 0 aliphatic carbocycles. The molecule has 0 bridgehead atoms. The zero-order chi connectivity index (χ0) is 23.9. The van der Waals surface area contributed by atoms with E-state index < -0.39 is 18.3 Å². The zero-order valence-corrected chi connectivity index (χ0v) is 19.3. The van der Waals surface area contributed by atoms with Crippen molar-refractivity contribution in [3.63, 3.8) is 0 Å². The lowest BCUT2D eigenvalue weighted by atomic mass is 9.99. The Morgan fingerprint density at radius 2 is 1.69 bits per heavy atom. The lowest BCUT2D eigenvalue weighted by molar-refractivity contribution is -0.00390. The Morgan fingerprint density at radius 3 is 2.46 bits per heavy atom. The number of hydrogen-bond donors (Lipinski definition) is 3. The first-order valence-corrected chi connectivity index (χ1v) is 11.7. The van der Waals surface area contributed by atoms with Gasteiger partial charge in [-0.1, -0.05) is 72.3 Å². The summed E-state index contributed by atoms with van der Waals surface area (Å²) in [5.41, 5.74) is 4.80. The highest BCUT2D eigenvalue weighted by atomic mass is 35.5. The molecule has 5 aromatic rings. The van der Waals surface area contributed by atoms with E-state index in [1.165, 1.54) is 10.8 Å². The molecule has 0 amide bonds. The first-order valence-electron chi connectivity index (χ1n) is 11.3. The van der Waals surface area contributed by atoms with Crippen LogP contribution in [-0.4, -0.2) is 56.7 Å². The van der Waals surface area contributed by atoms with E-state index in [0.29, 0.717) is 21.9 Å². The molecule has 3 heterocycles. The standard InChI is InChI=1S/C27H22ClN3O4/c28-20-12-21-26(31-27(29-21)35-23-14-34-22(13-32)25(23)33)30-24(20)17-8-5-16(6-9-17)19-10-7-15-3-1-2-4-18(15)11-19/h1-12,22-23,25,32-33H,13-14H2,(H,29,30,31)/t22-,23-,25-/m1/s1. The van der Waals surface area contributed by atoms with Crippen LogP contribution in [0.2, 0.25) is 5.02 Å². The minimum Gasteiger partial charge on any atom is -0.456 e. The highest BCUT2D eigenvalue weighted by molar-refractivity contribution is 6.33. The summed E-state index contributed by atoms with van der Waals surface area (Å²) in [5.74, 6) is 0. The molecule has 1 fully saturated rings. The number of aromatic amines is 1. The minimum atomic E-state index is -0.943. The summed E-state index contributed by atoms with van der Waals surface area (Å²) in [5, 5.41) is 22.3. The number of imidazole rings is 1. The molecule has 0 saturated carbocycles. The van der Waals surface area contributed by atoms with E-state index in [-0.39, 0.29) is 19.2 Å². The van der Waals surface area contributed by atoms with Gasteiger partial charge in [0.2, 0.25) is 0 Å². The molecule has 8 heteroatoms. The number of fused-ring (bicyclic) bond motifs is 2. The van der Waals surface area contributed by atoms with Gasteiger partial charge in [-0.2, -0.15) is 4.98 Å². The second kappa shape index (κ2) is 8.94. The second-order valence-corrected chi connectivity index (χ2v) is 8.98. The molecular weight excluding hydrogens is 466 g/mol. The van der Waals surface area contributed by atoms with Gasteiger partial charge in [0.05, 0.1) is 29.4 Å². The van der Waals surface area contributed by atoms with Gasteiger partial charge in [0.25, 0.3) is 6.01 Å². The molecule has 7 nitrogen and oxygen atoms in total. The average Bonchev–Trinajstić information content (AvgIpc) is 3.45. The Balaban J connectivity index is 1.26. The number of hydrogen-bond acceptors (Lipinski definition) is 6. The number of benzene rings is 3. The van der Waals surface area contributed by atoms with E-state index in [0.717, 1.165) is 16.7 Å². The summed E-state index contributed by atoms with van der Waals surface area (Å²) < 4.78 is 11.1. The Kier molecular flexibility index (Phi) is 5.62. The molecule has 2 aromatic heterocycles. The Labute approximate surface area is 205 Å². The number of nitrogens with one attached hydrogen (secondary N) is 1. The Hall–Kier alpha value is -3.49. The van der Waals surface area contributed by atoms with Crippen molar-refractivity contribution in [2.75, 3.05) is 13.2 Å². The van der Waals surface area contributed by atoms with E-state index in [1.807, 2.05) is 24.3 Å². The van der Waals surface area contributed by atoms with E-state index in [4.69, 9.17) is 21.1 Å². The minimum absolute atomic E-state index is 0.159. The van der Waals surface area contributed by atoms with Crippen molar-refractivity contribution < 1.29 is 19.7 Å². The molecule has 35 heavy (non-hydrogen) atoms. The first-order chi connectivity index (χ1) is 17.1. The van der Waals surface area contributed by atoms with Gasteiger partial charge in [-0.15, -0.1) is 0 Å². The predicted molar refractivity (Wildman–Crippen MR) is 135 cm³/mol. The predicted octanol–water partition coefficient (Wildman–Crippen LogP) is 4.60. The number of halogens is 1. The van der Waals surface area contributed by atoms with Gasteiger partial charge in [0, 0.05) is 5.56 Å². The number of rotatable bonds is 5. The van der Waals surface area contributed by atoms with Gasteiger partial charge < -0.3 is 24.7 Å². The number of pyridine rings is 1. The number of ether oxygens (including phenoxy) is 2. The highest BCUT2D eigenvalue weighted by Crippen LogP contribution is 2.32. The van der Waals surface area contributed by atoms with Gasteiger partial charge in [0.15, 0.2) is 11.8 Å². The molecule has 3 aromatic carbocycles.